The van der Waals surface area contributed by atoms with E-state index < -0.39 is 0 Å². The van der Waals surface area contributed by atoms with Gasteiger partial charge in [0, 0.05) is 6.04 Å². The number of allylic oxidation sites excluding steroid dienone is 1. The molecule has 1 aliphatic rings. The Morgan fingerprint density at radius 2 is 2.27 bits per heavy atom. The first-order chi connectivity index (χ1) is 7.27. The number of rotatable bonds is 7. The predicted molar refractivity (Wildman–Crippen MR) is 68.0 cm³/mol. The van der Waals surface area contributed by atoms with Crippen LogP contribution in [0.4, 0.5) is 0 Å². The Morgan fingerprint density at radius 3 is 2.80 bits per heavy atom. The third-order valence-corrected chi connectivity index (χ3v) is 3.64. The first-order valence-electron chi connectivity index (χ1n) is 6.62. The van der Waals surface area contributed by atoms with Crippen molar-refractivity contribution < 1.29 is 0 Å². The molecule has 88 valence electrons. The Balaban J connectivity index is 2.36. The van der Waals surface area contributed by atoms with Crippen molar-refractivity contribution in [1.29, 1.82) is 0 Å². The van der Waals surface area contributed by atoms with Crippen LogP contribution in [0.1, 0.15) is 52.4 Å². The van der Waals surface area contributed by atoms with E-state index in [1.54, 1.807) is 0 Å². The molecule has 0 amide bonds. The molecular weight excluding hydrogens is 182 g/mol. The summed E-state index contributed by atoms with van der Waals surface area (Å²) in [6.07, 6.45) is 10.0. The molecule has 0 heterocycles. The van der Waals surface area contributed by atoms with E-state index in [1.165, 1.54) is 38.6 Å². The monoisotopic (exact) mass is 209 g/mol. The lowest BCUT2D eigenvalue weighted by Gasteiger charge is -2.24. The summed E-state index contributed by atoms with van der Waals surface area (Å²) in [6, 6.07) is 0.743. The lowest BCUT2D eigenvalue weighted by Crippen LogP contribution is -2.35. The lowest BCUT2D eigenvalue weighted by atomic mass is 9.93. The normalized spacial score (nSPS) is 27.9. The van der Waals surface area contributed by atoms with E-state index in [0.29, 0.717) is 0 Å². The fraction of sp³-hybridized carbons (Fsp3) is 0.857. The van der Waals surface area contributed by atoms with Crippen molar-refractivity contribution in [2.45, 2.75) is 58.4 Å². The molecule has 1 nitrogen and oxygen atoms in total. The first-order valence-corrected chi connectivity index (χ1v) is 6.62. The SMILES string of the molecule is C=CCCC(NCCC)C1CCC(C)C1. The second kappa shape index (κ2) is 7.05. The molecule has 15 heavy (non-hydrogen) atoms. The summed E-state index contributed by atoms with van der Waals surface area (Å²) in [4.78, 5) is 0. The van der Waals surface area contributed by atoms with Crippen LogP contribution >= 0.6 is 0 Å². The maximum Gasteiger partial charge on any atom is 0.00983 e. The molecule has 0 spiro atoms. The zero-order valence-corrected chi connectivity index (χ0v) is 10.5. The van der Waals surface area contributed by atoms with Gasteiger partial charge < -0.3 is 5.32 Å². The van der Waals surface area contributed by atoms with Gasteiger partial charge >= 0.3 is 0 Å². The van der Waals surface area contributed by atoms with Crippen molar-refractivity contribution in [3.63, 3.8) is 0 Å². The molecule has 0 bridgehead atoms. The average Bonchev–Trinajstić information content (AvgIpc) is 2.65. The first kappa shape index (κ1) is 12.8. The molecular formula is C14H27N. The lowest BCUT2D eigenvalue weighted by molar-refractivity contribution is 0.335. The summed E-state index contributed by atoms with van der Waals surface area (Å²) in [5.41, 5.74) is 0. The van der Waals surface area contributed by atoms with Gasteiger partial charge in [-0.2, -0.15) is 0 Å². The van der Waals surface area contributed by atoms with Crippen molar-refractivity contribution in [3.8, 4) is 0 Å². The van der Waals surface area contributed by atoms with Crippen molar-refractivity contribution in [2.75, 3.05) is 6.54 Å². The highest BCUT2D eigenvalue weighted by Gasteiger charge is 2.27. The van der Waals surface area contributed by atoms with Gasteiger partial charge in [-0.05, 0) is 50.5 Å². The van der Waals surface area contributed by atoms with Crippen LogP contribution in [0.15, 0.2) is 12.7 Å². The Kier molecular flexibility index (Phi) is 6.00. The summed E-state index contributed by atoms with van der Waals surface area (Å²) in [5, 5.41) is 3.72. The van der Waals surface area contributed by atoms with Gasteiger partial charge in [0.1, 0.15) is 0 Å². The highest BCUT2D eigenvalue weighted by atomic mass is 14.9. The maximum absolute atomic E-state index is 3.83. The largest absolute Gasteiger partial charge is 0.314 e. The van der Waals surface area contributed by atoms with E-state index in [0.717, 1.165) is 24.3 Å². The van der Waals surface area contributed by atoms with Gasteiger partial charge in [-0.1, -0.05) is 26.3 Å². The second-order valence-corrected chi connectivity index (χ2v) is 5.10. The number of nitrogens with one attached hydrogen (secondary N) is 1. The fourth-order valence-electron chi connectivity index (χ4n) is 2.75. The molecule has 0 aromatic heterocycles. The summed E-state index contributed by atoms with van der Waals surface area (Å²) >= 11 is 0. The smallest absolute Gasteiger partial charge is 0.00983 e. The van der Waals surface area contributed by atoms with Gasteiger partial charge in [0.15, 0.2) is 0 Å². The van der Waals surface area contributed by atoms with Crippen LogP contribution in [0.2, 0.25) is 0 Å². The second-order valence-electron chi connectivity index (χ2n) is 5.10. The summed E-state index contributed by atoms with van der Waals surface area (Å²) in [7, 11) is 0. The molecule has 1 saturated carbocycles. The minimum absolute atomic E-state index is 0.743. The third-order valence-electron chi connectivity index (χ3n) is 3.64. The molecule has 1 rings (SSSR count). The van der Waals surface area contributed by atoms with E-state index in [4.69, 9.17) is 0 Å². The molecule has 1 aliphatic carbocycles. The van der Waals surface area contributed by atoms with Crippen LogP contribution in [-0.2, 0) is 0 Å². The summed E-state index contributed by atoms with van der Waals surface area (Å²) < 4.78 is 0. The molecule has 1 N–H and O–H groups in total. The van der Waals surface area contributed by atoms with Crippen LogP contribution in [0.5, 0.6) is 0 Å². The minimum atomic E-state index is 0.743. The summed E-state index contributed by atoms with van der Waals surface area (Å²) in [6.45, 7) is 9.64. The molecule has 3 atom stereocenters. The molecule has 3 unspecified atom stereocenters. The Labute approximate surface area is 95.3 Å². The Hall–Kier alpha value is -0.300. The molecule has 0 aliphatic heterocycles. The quantitative estimate of drug-likeness (QED) is 0.630. The molecule has 1 heteroatoms. The average molecular weight is 209 g/mol. The predicted octanol–water partition coefficient (Wildman–Crippen LogP) is 3.76. The van der Waals surface area contributed by atoms with Gasteiger partial charge in [-0.25, -0.2) is 0 Å². The third kappa shape index (κ3) is 4.38. The van der Waals surface area contributed by atoms with Crippen LogP contribution < -0.4 is 5.32 Å². The van der Waals surface area contributed by atoms with E-state index in [2.05, 4.69) is 31.8 Å². The zero-order valence-electron chi connectivity index (χ0n) is 10.5. The van der Waals surface area contributed by atoms with E-state index in [-0.39, 0.29) is 0 Å². The van der Waals surface area contributed by atoms with Gasteiger partial charge in [-0.15, -0.1) is 6.58 Å². The Morgan fingerprint density at radius 1 is 1.47 bits per heavy atom. The van der Waals surface area contributed by atoms with Crippen LogP contribution in [0.25, 0.3) is 0 Å². The van der Waals surface area contributed by atoms with E-state index in [9.17, 15) is 0 Å². The van der Waals surface area contributed by atoms with E-state index in [1.807, 2.05) is 0 Å². The Bertz CT molecular complexity index is 176. The van der Waals surface area contributed by atoms with Crippen LogP contribution in [-0.4, -0.2) is 12.6 Å². The number of hydrogen-bond donors (Lipinski definition) is 1. The van der Waals surface area contributed by atoms with Gasteiger partial charge in [0.2, 0.25) is 0 Å². The van der Waals surface area contributed by atoms with Crippen molar-refractivity contribution >= 4 is 0 Å². The van der Waals surface area contributed by atoms with Crippen LogP contribution in [0, 0.1) is 11.8 Å². The standard InChI is InChI=1S/C14H27N/c1-4-6-7-14(15-10-5-2)13-9-8-12(3)11-13/h4,12-15H,1,5-11H2,2-3H3. The zero-order chi connectivity index (χ0) is 11.1. The maximum atomic E-state index is 3.83. The number of hydrogen-bond acceptors (Lipinski definition) is 1. The van der Waals surface area contributed by atoms with Gasteiger partial charge in [-0.3, -0.25) is 0 Å². The van der Waals surface area contributed by atoms with Crippen LogP contribution in [0.3, 0.4) is 0 Å². The van der Waals surface area contributed by atoms with Crippen molar-refractivity contribution in [3.05, 3.63) is 12.7 Å². The molecule has 0 radical (unpaired) electrons. The molecule has 0 aromatic carbocycles. The molecule has 0 saturated heterocycles. The minimum Gasteiger partial charge on any atom is -0.314 e. The van der Waals surface area contributed by atoms with Gasteiger partial charge in [0.05, 0.1) is 0 Å². The summed E-state index contributed by atoms with van der Waals surface area (Å²) in [5.74, 6) is 1.87. The highest BCUT2D eigenvalue weighted by Crippen LogP contribution is 2.33. The molecule has 0 aromatic rings. The van der Waals surface area contributed by atoms with Crippen molar-refractivity contribution in [1.82, 2.24) is 5.32 Å². The highest BCUT2D eigenvalue weighted by molar-refractivity contribution is 4.85. The topological polar surface area (TPSA) is 12.0 Å². The van der Waals surface area contributed by atoms with Gasteiger partial charge in [0.25, 0.3) is 0 Å². The fourth-order valence-corrected chi connectivity index (χ4v) is 2.75. The van der Waals surface area contributed by atoms with Crippen molar-refractivity contribution in [2.24, 2.45) is 11.8 Å². The molecule has 1 fully saturated rings. The van der Waals surface area contributed by atoms with E-state index >= 15 is 0 Å².